The Morgan fingerprint density at radius 2 is 1.88 bits per heavy atom. The van der Waals surface area contributed by atoms with Crippen LogP contribution in [-0.4, -0.2) is 22.0 Å². The summed E-state index contributed by atoms with van der Waals surface area (Å²) in [5.41, 5.74) is 1.90. The zero-order valence-corrected chi connectivity index (χ0v) is 13.7. The maximum Gasteiger partial charge on any atom is 0.276 e. The lowest BCUT2D eigenvalue weighted by atomic mass is 9.90. The third kappa shape index (κ3) is 3.21. The van der Waals surface area contributed by atoms with Crippen LogP contribution in [0.3, 0.4) is 0 Å². The molecule has 0 aromatic heterocycles. The lowest BCUT2D eigenvalue weighted by Crippen LogP contribution is -2.22. The van der Waals surface area contributed by atoms with E-state index in [9.17, 15) is 25.0 Å². The third-order valence-electron chi connectivity index (χ3n) is 5.35. The van der Waals surface area contributed by atoms with Crippen LogP contribution in [0.4, 0.5) is 11.4 Å². The molecule has 9 nitrogen and oxygen atoms in total. The number of nitro groups is 2. The van der Waals surface area contributed by atoms with Crippen molar-refractivity contribution in [1.29, 1.82) is 0 Å². The number of rotatable bonds is 5. The van der Waals surface area contributed by atoms with Gasteiger partial charge in [-0.25, -0.2) is 5.43 Å². The highest BCUT2D eigenvalue weighted by molar-refractivity contribution is 5.86. The summed E-state index contributed by atoms with van der Waals surface area (Å²) >= 11 is 0. The average Bonchev–Trinajstić information content (AvgIpc) is 3.20. The van der Waals surface area contributed by atoms with Gasteiger partial charge in [-0.05, 0) is 24.2 Å². The fraction of sp³-hybridized carbons (Fsp3) is 0.500. The van der Waals surface area contributed by atoms with Gasteiger partial charge in [0.25, 0.3) is 11.4 Å². The molecule has 2 aliphatic rings. The van der Waals surface area contributed by atoms with Gasteiger partial charge in [0, 0.05) is 23.6 Å². The van der Waals surface area contributed by atoms with Gasteiger partial charge < -0.3 is 0 Å². The Morgan fingerprint density at radius 1 is 1.24 bits per heavy atom. The van der Waals surface area contributed by atoms with Gasteiger partial charge in [-0.3, -0.25) is 25.0 Å². The molecular weight excluding hydrogens is 328 g/mol. The number of nitrogens with zero attached hydrogens (tertiary/aromatic N) is 3. The van der Waals surface area contributed by atoms with Crippen molar-refractivity contribution in [2.45, 2.75) is 32.6 Å². The fourth-order valence-electron chi connectivity index (χ4n) is 3.99. The SMILES string of the molecule is C[C@]12CCCC[C@@H]1[C@H]2C(=O)N/N=C\c1cc([N+](=O)[O-])cc([N+](=O)[O-])c1. The molecule has 0 heterocycles. The number of nitro benzene ring substituents is 2. The van der Waals surface area contributed by atoms with Gasteiger partial charge >= 0.3 is 0 Å². The molecule has 3 atom stereocenters. The number of hydrogen-bond acceptors (Lipinski definition) is 6. The second-order valence-electron chi connectivity index (χ2n) is 6.87. The van der Waals surface area contributed by atoms with Gasteiger partial charge in [0.15, 0.2) is 0 Å². The normalized spacial score (nSPS) is 27.6. The number of fused-ring (bicyclic) bond motifs is 1. The molecule has 9 heteroatoms. The van der Waals surface area contributed by atoms with E-state index < -0.39 is 21.2 Å². The van der Waals surface area contributed by atoms with Gasteiger partial charge in [-0.2, -0.15) is 5.10 Å². The van der Waals surface area contributed by atoms with Crippen molar-refractivity contribution in [3.8, 4) is 0 Å². The standard InChI is InChI=1S/C16H18N4O5/c1-16-5-3-2-4-13(16)14(16)15(21)18-17-9-10-6-11(19(22)23)8-12(7-10)20(24)25/h6-9,13-14H,2-5H2,1H3,(H,18,21)/b17-9-/t13-,14+,16+/m1/s1. The molecule has 1 aromatic carbocycles. The molecule has 1 aromatic rings. The summed E-state index contributed by atoms with van der Waals surface area (Å²) < 4.78 is 0. The first-order valence-electron chi connectivity index (χ1n) is 8.10. The van der Waals surface area contributed by atoms with E-state index in [1.54, 1.807) is 0 Å². The lowest BCUT2D eigenvalue weighted by molar-refractivity contribution is -0.394. The van der Waals surface area contributed by atoms with E-state index in [0.29, 0.717) is 5.92 Å². The van der Waals surface area contributed by atoms with Crippen molar-refractivity contribution >= 4 is 23.5 Å². The monoisotopic (exact) mass is 346 g/mol. The topological polar surface area (TPSA) is 128 Å². The molecule has 0 radical (unpaired) electrons. The van der Waals surface area contributed by atoms with Crippen LogP contribution >= 0.6 is 0 Å². The molecule has 0 bridgehead atoms. The second kappa shape index (κ2) is 6.23. The number of carbonyl (C=O) groups is 1. The number of carbonyl (C=O) groups excluding carboxylic acids is 1. The number of hydrazone groups is 1. The Hall–Kier alpha value is -2.84. The van der Waals surface area contributed by atoms with Crippen molar-refractivity contribution in [2.75, 3.05) is 0 Å². The Bertz CT molecular complexity index is 746. The van der Waals surface area contributed by atoms with Crippen molar-refractivity contribution in [1.82, 2.24) is 5.43 Å². The highest BCUT2D eigenvalue weighted by Crippen LogP contribution is 2.66. The van der Waals surface area contributed by atoms with Crippen molar-refractivity contribution < 1.29 is 14.6 Å². The zero-order chi connectivity index (χ0) is 18.2. The molecule has 2 fully saturated rings. The van der Waals surface area contributed by atoms with E-state index in [4.69, 9.17) is 0 Å². The zero-order valence-electron chi connectivity index (χ0n) is 13.7. The molecular formula is C16H18N4O5. The number of amides is 1. The predicted molar refractivity (Wildman–Crippen MR) is 89.0 cm³/mol. The van der Waals surface area contributed by atoms with Crippen molar-refractivity contribution in [3.63, 3.8) is 0 Å². The first kappa shape index (κ1) is 17.0. The second-order valence-corrected chi connectivity index (χ2v) is 6.87. The summed E-state index contributed by atoms with van der Waals surface area (Å²) in [6, 6.07) is 3.22. The van der Waals surface area contributed by atoms with E-state index in [2.05, 4.69) is 17.5 Å². The molecule has 1 N–H and O–H groups in total. The molecule has 1 amide bonds. The van der Waals surface area contributed by atoms with Gasteiger partial charge in [0.05, 0.1) is 22.1 Å². The summed E-state index contributed by atoms with van der Waals surface area (Å²) in [6.07, 6.45) is 5.56. The van der Waals surface area contributed by atoms with E-state index in [1.807, 2.05) is 0 Å². The maximum absolute atomic E-state index is 12.3. The molecule has 0 spiro atoms. The maximum atomic E-state index is 12.3. The van der Waals surface area contributed by atoms with Crippen molar-refractivity contribution in [3.05, 3.63) is 44.0 Å². The summed E-state index contributed by atoms with van der Waals surface area (Å²) in [5, 5.41) is 25.5. The molecule has 0 saturated heterocycles. The lowest BCUT2D eigenvalue weighted by Gasteiger charge is -2.15. The van der Waals surface area contributed by atoms with Crippen molar-refractivity contribution in [2.24, 2.45) is 22.4 Å². The number of benzene rings is 1. The summed E-state index contributed by atoms with van der Waals surface area (Å²) in [5.74, 6) is 0.188. The third-order valence-corrected chi connectivity index (χ3v) is 5.35. The quantitative estimate of drug-likeness (QED) is 0.498. The Kier molecular flexibility index (Phi) is 4.23. The minimum Gasteiger partial charge on any atom is -0.273 e. The average molecular weight is 346 g/mol. The molecule has 2 saturated carbocycles. The number of nitrogens with one attached hydrogen (secondary N) is 1. The van der Waals surface area contributed by atoms with Crippen LogP contribution in [0.25, 0.3) is 0 Å². The summed E-state index contributed by atoms with van der Waals surface area (Å²) in [4.78, 5) is 32.6. The van der Waals surface area contributed by atoms with Crippen LogP contribution in [0.1, 0.15) is 38.2 Å². The highest BCUT2D eigenvalue weighted by atomic mass is 16.6. The largest absolute Gasteiger partial charge is 0.276 e. The van der Waals surface area contributed by atoms with Crippen LogP contribution in [0.2, 0.25) is 0 Å². The van der Waals surface area contributed by atoms with Crippen LogP contribution in [0.5, 0.6) is 0 Å². The minimum absolute atomic E-state index is 0.0494. The number of hydrogen-bond donors (Lipinski definition) is 1. The van der Waals surface area contributed by atoms with Crippen LogP contribution in [0.15, 0.2) is 23.3 Å². The molecule has 0 unspecified atom stereocenters. The first-order valence-corrected chi connectivity index (χ1v) is 8.10. The Labute approximate surface area is 143 Å². The van der Waals surface area contributed by atoms with E-state index in [1.165, 1.54) is 18.3 Å². The van der Waals surface area contributed by atoms with Crippen LogP contribution < -0.4 is 5.43 Å². The van der Waals surface area contributed by atoms with Gasteiger partial charge in [0.1, 0.15) is 0 Å². The van der Waals surface area contributed by atoms with Gasteiger partial charge in [-0.1, -0.05) is 19.8 Å². The van der Waals surface area contributed by atoms with E-state index in [-0.39, 0.29) is 22.8 Å². The van der Waals surface area contributed by atoms with Gasteiger partial charge in [0.2, 0.25) is 5.91 Å². The first-order chi connectivity index (χ1) is 11.8. The van der Waals surface area contributed by atoms with Crippen LogP contribution in [-0.2, 0) is 4.79 Å². The fourth-order valence-corrected chi connectivity index (χ4v) is 3.99. The highest BCUT2D eigenvalue weighted by Gasteiger charge is 2.64. The Balaban J connectivity index is 1.69. The number of non-ortho nitro benzene ring substituents is 2. The van der Waals surface area contributed by atoms with E-state index in [0.717, 1.165) is 31.7 Å². The smallest absolute Gasteiger partial charge is 0.273 e. The minimum atomic E-state index is -0.710. The molecule has 2 aliphatic carbocycles. The molecule has 132 valence electrons. The van der Waals surface area contributed by atoms with Crippen LogP contribution in [0, 0.1) is 37.5 Å². The van der Waals surface area contributed by atoms with E-state index >= 15 is 0 Å². The summed E-state index contributed by atoms with van der Waals surface area (Å²) in [6.45, 7) is 2.12. The Morgan fingerprint density at radius 3 is 2.40 bits per heavy atom. The predicted octanol–water partition coefficient (Wildman–Crippen LogP) is 2.78. The molecule has 25 heavy (non-hydrogen) atoms. The molecule has 3 rings (SSSR count). The van der Waals surface area contributed by atoms with Gasteiger partial charge in [-0.15, -0.1) is 0 Å². The molecule has 0 aliphatic heterocycles. The summed E-state index contributed by atoms with van der Waals surface area (Å²) in [7, 11) is 0.